The topological polar surface area (TPSA) is 55.5 Å². The number of aliphatic hydroxyl groups is 1. The van der Waals surface area contributed by atoms with Crippen LogP contribution in [0, 0.1) is 6.92 Å². The normalized spacial score (nSPS) is 14.7. The van der Waals surface area contributed by atoms with Crippen molar-refractivity contribution in [3.05, 3.63) is 29.3 Å². The highest BCUT2D eigenvalue weighted by molar-refractivity contribution is 5.38. The van der Waals surface area contributed by atoms with Crippen LogP contribution in [0.1, 0.15) is 24.5 Å². The number of ether oxygens (including phenoxy) is 1. The van der Waals surface area contributed by atoms with Gasteiger partial charge in [0.25, 0.3) is 0 Å². The summed E-state index contributed by atoms with van der Waals surface area (Å²) in [6, 6.07) is 5.86. The second kappa shape index (κ2) is 4.64. The molecule has 84 valence electrons. The third-order valence-electron chi connectivity index (χ3n) is 2.69. The zero-order valence-corrected chi connectivity index (χ0v) is 9.58. The zero-order chi connectivity index (χ0) is 11.5. The van der Waals surface area contributed by atoms with Gasteiger partial charge in [0.15, 0.2) is 0 Å². The van der Waals surface area contributed by atoms with Gasteiger partial charge < -0.3 is 15.6 Å². The fraction of sp³-hybridized carbons (Fsp3) is 0.500. The summed E-state index contributed by atoms with van der Waals surface area (Å²) >= 11 is 0. The summed E-state index contributed by atoms with van der Waals surface area (Å²) in [5, 5.41) is 8.93. The lowest BCUT2D eigenvalue weighted by Crippen LogP contribution is -2.34. The molecule has 0 aliphatic carbocycles. The Kier molecular flexibility index (Phi) is 3.72. The molecule has 0 bridgehead atoms. The Morgan fingerprint density at radius 3 is 2.60 bits per heavy atom. The molecule has 3 nitrogen and oxygen atoms in total. The zero-order valence-electron chi connectivity index (χ0n) is 9.58. The van der Waals surface area contributed by atoms with Gasteiger partial charge >= 0.3 is 0 Å². The van der Waals surface area contributed by atoms with Crippen molar-refractivity contribution < 1.29 is 9.84 Å². The van der Waals surface area contributed by atoms with Crippen molar-refractivity contribution in [2.45, 2.75) is 25.8 Å². The minimum atomic E-state index is -0.480. The van der Waals surface area contributed by atoms with Gasteiger partial charge in [0.2, 0.25) is 0 Å². The number of benzene rings is 1. The molecule has 1 rings (SSSR count). The number of rotatable bonds is 4. The van der Waals surface area contributed by atoms with Crippen LogP contribution in [0.2, 0.25) is 0 Å². The minimum absolute atomic E-state index is 0.0953. The highest BCUT2D eigenvalue weighted by Crippen LogP contribution is 2.26. The average Bonchev–Trinajstić information content (AvgIpc) is 2.17. The molecule has 0 aromatic heterocycles. The van der Waals surface area contributed by atoms with E-state index in [0.717, 1.165) is 16.9 Å². The Morgan fingerprint density at radius 2 is 2.13 bits per heavy atom. The average molecular weight is 209 g/mol. The Balaban J connectivity index is 3.01. The molecule has 0 radical (unpaired) electrons. The van der Waals surface area contributed by atoms with E-state index in [1.807, 2.05) is 32.0 Å². The van der Waals surface area contributed by atoms with Gasteiger partial charge in [0.05, 0.1) is 7.11 Å². The quantitative estimate of drug-likeness (QED) is 0.791. The summed E-state index contributed by atoms with van der Waals surface area (Å²) in [5.41, 5.74) is 7.71. The molecule has 0 saturated heterocycles. The second-order valence-corrected chi connectivity index (χ2v) is 4.08. The summed E-state index contributed by atoms with van der Waals surface area (Å²) in [6.07, 6.45) is 0.554. The largest absolute Gasteiger partial charge is 0.496 e. The van der Waals surface area contributed by atoms with E-state index in [-0.39, 0.29) is 6.61 Å². The van der Waals surface area contributed by atoms with Gasteiger partial charge in [-0.2, -0.15) is 0 Å². The monoisotopic (exact) mass is 209 g/mol. The van der Waals surface area contributed by atoms with Crippen LogP contribution in [0.25, 0.3) is 0 Å². The van der Waals surface area contributed by atoms with Crippen molar-refractivity contribution in [1.82, 2.24) is 0 Å². The lowest BCUT2D eigenvalue weighted by molar-refractivity contribution is 0.247. The number of aryl methyl sites for hydroxylation is 1. The molecule has 0 heterocycles. The molecule has 0 fully saturated rings. The number of hydrogen-bond acceptors (Lipinski definition) is 3. The van der Waals surface area contributed by atoms with Gasteiger partial charge in [0, 0.05) is 12.1 Å². The standard InChI is InChI=1S/C12H19NO2/c1-9-8-10(4-5-11(9)15-3)12(2,13)6-7-14/h4-5,8,14H,6-7,13H2,1-3H3. The van der Waals surface area contributed by atoms with Crippen LogP contribution in [0.5, 0.6) is 5.75 Å². The predicted molar refractivity (Wildman–Crippen MR) is 61.0 cm³/mol. The third kappa shape index (κ3) is 2.70. The van der Waals surface area contributed by atoms with E-state index in [9.17, 15) is 0 Å². The molecule has 0 amide bonds. The molecular weight excluding hydrogens is 190 g/mol. The van der Waals surface area contributed by atoms with Gasteiger partial charge in [-0.25, -0.2) is 0 Å². The highest BCUT2D eigenvalue weighted by atomic mass is 16.5. The molecule has 0 aliphatic heterocycles. The van der Waals surface area contributed by atoms with E-state index >= 15 is 0 Å². The van der Waals surface area contributed by atoms with Crippen molar-refractivity contribution in [1.29, 1.82) is 0 Å². The highest BCUT2D eigenvalue weighted by Gasteiger charge is 2.20. The Hall–Kier alpha value is -1.06. The Labute approximate surface area is 90.9 Å². The lowest BCUT2D eigenvalue weighted by atomic mass is 9.89. The van der Waals surface area contributed by atoms with E-state index in [1.54, 1.807) is 7.11 Å². The molecule has 1 unspecified atom stereocenters. The second-order valence-electron chi connectivity index (χ2n) is 4.08. The van der Waals surface area contributed by atoms with Crippen LogP contribution >= 0.6 is 0 Å². The summed E-state index contributed by atoms with van der Waals surface area (Å²) in [7, 11) is 1.65. The first-order valence-corrected chi connectivity index (χ1v) is 5.06. The first-order chi connectivity index (χ1) is 7.01. The molecule has 0 spiro atoms. The van der Waals surface area contributed by atoms with Gasteiger partial charge in [-0.15, -0.1) is 0 Å². The molecule has 1 atom stereocenters. The van der Waals surface area contributed by atoms with Crippen LogP contribution in [-0.4, -0.2) is 18.8 Å². The summed E-state index contributed by atoms with van der Waals surface area (Å²) in [4.78, 5) is 0. The van der Waals surface area contributed by atoms with E-state index in [1.165, 1.54) is 0 Å². The van der Waals surface area contributed by atoms with Gasteiger partial charge in [0.1, 0.15) is 5.75 Å². The van der Waals surface area contributed by atoms with E-state index in [0.29, 0.717) is 6.42 Å². The number of nitrogens with two attached hydrogens (primary N) is 1. The van der Waals surface area contributed by atoms with Crippen LogP contribution in [0.3, 0.4) is 0 Å². The lowest BCUT2D eigenvalue weighted by Gasteiger charge is -2.25. The van der Waals surface area contributed by atoms with Crippen LogP contribution in [0.4, 0.5) is 0 Å². The van der Waals surface area contributed by atoms with Gasteiger partial charge in [-0.1, -0.05) is 12.1 Å². The maximum atomic E-state index is 8.93. The van der Waals surface area contributed by atoms with Crippen molar-refractivity contribution >= 4 is 0 Å². The van der Waals surface area contributed by atoms with Crippen LogP contribution in [-0.2, 0) is 5.54 Å². The van der Waals surface area contributed by atoms with E-state index in [2.05, 4.69) is 0 Å². The fourth-order valence-corrected chi connectivity index (χ4v) is 1.61. The smallest absolute Gasteiger partial charge is 0.121 e. The third-order valence-corrected chi connectivity index (χ3v) is 2.69. The van der Waals surface area contributed by atoms with Gasteiger partial charge in [-0.05, 0) is 37.5 Å². The summed E-state index contributed by atoms with van der Waals surface area (Å²) < 4.78 is 5.18. The minimum Gasteiger partial charge on any atom is -0.496 e. The first kappa shape index (κ1) is 12.0. The van der Waals surface area contributed by atoms with Crippen molar-refractivity contribution in [3.8, 4) is 5.75 Å². The van der Waals surface area contributed by atoms with Crippen molar-refractivity contribution in [3.63, 3.8) is 0 Å². The Morgan fingerprint density at radius 1 is 1.47 bits per heavy atom. The molecule has 3 N–H and O–H groups in total. The van der Waals surface area contributed by atoms with Crippen LogP contribution < -0.4 is 10.5 Å². The van der Waals surface area contributed by atoms with E-state index in [4.69, 9.17) is 15.6 Å². The van der Waals surface area contributed by atoms with Crippen molar-refractivity contribution in [2.75, 3.05) is 13.7 Å². The number of methoxy groups -OCH3 is 1. The maximum Gasteiger partial charge on any atom is 0.121 e. The summed E-state index contributed by atoms with van der Waals surface area (Å²) in [6.45, 7) is 4.00. The fourth-order valence-electron chi connectivity index (χ4n) is 1.61. The molecule has 15 heavy (non-hydrogen) atoms. The molecular formula is C12H19NO2. The summed E-state index contributed by atoms with van der Waals surface area (Å²) in [5.74, 6) is 0.860. The molecule has 3 heteroatoms. The Bertz CT molecular complexity index is 334. The number of hydrogen-bond donors (Lipinski definition) is 2. The maximum absolute atomic E-state index is 8.93. The SMILES string of the molecule is COc1ccc(C(C)(N)CCO)cc1C. The van der Waals surface area contributed by atoms with Gasteiger partial charge in [-0.3, -0.25) is 0 Å². The molecule has 0 aliphatic rings. The van der Waals surface area contributed by atoms with Crippen LogP contribution in [0.15, 0.2) is 18.2 Å². The molecule has 0 saturated carbocycles. The van der Waals surface area contributed by atoms with Crippen molar-refractivity contribution in [2.24, 2.45) is 5.73 Å². The predicted octanol–water partition coefficient (Wildman–Crippen LogP) is 1.56. The molecule has 1 aromatic carbocycles. The molecule has 1 aromatic rings. The number of aliphatic hydroxyl groups excluding tert-OH is 1. The van der Waals surface area contributed by atoms with E-state index < -0.39 is 5.54 Å². The first-order valence-electron chi connectivity index (χ1n) is 5.06.